The molecule has 0 heterocycles. The van der Waals surface area contributed by atoms with Crippen molar-refractivity contribution in [1.82, 2.24) is 10.0 Å². The van der Waals surface area contributed by atoms with Crippen molar-refractivity contribution in [3.63, 3.8) is 0 Å². The highest BCUT2D eigenvalue weighted by Gasteiger charge is 2.22. The molecular formula is C15H25ClN2O2S. The van der Waals surface area contributed by atoms with E-state index < -0.39 is 10.0 Å². The smallest absolute Gasteiger partial charge is 0.241 e. The van der Waals surface area contributed by atoms with Gasteiger partial charge in [0.05, 0.1) is 4.90 Å². The zero-order chi connectivity index (χ0) is 16.0. The third-order valence-corrected chi connectivity index (χ3v) is 5.41. The summed E-state index contributed by atoms with van der Waals surface area (Å²) >= 11 is 6.08. The summed E-state index contributed by atoms with van der Waals surface area (Å²) in [6, 6.07) is 3.29. The number of hydrogen-bond donors (Lipinski definition) is 2. The van der Waals surface area contributed by atoms with E-state index in [9.17, 15) is 8.42 Å². The predicted molar refractivity (Wildman–Crippen MR) is 88.3 cm³/mol. The van der Waals surface area contributed by atoms with Crippen LogP contribution < -0.4 is 10.0 Å². The molecule has 0 spiro atoms. The van der Waals surface area contributed by atoms with Gasteiger partial charge in [-0.1, -0.05) is 31.9 Å². The van der Waals surface area contributed by atoms with Crippen LogP contribution in [-0.4, -0.2) is 21.5 Å². The average molecular weight is 333 g/mol. The van der Waals surface area contributed by atoms with E-state index in [0.29, 0.717) is 11.6 Å². The number of nitrogens with one attached hydrogen (secondary N) is 2. The maximum Gasteiger partial charge on any atom is 0.241 e. The summed E-state index contributed by atoms with van der Waals surface area (Å²) < 4.78 is 28.0. The Kier molecular flexibility index (Phi) is 7.13. The number of benzene rings is 1. The first-order chi connectivity index (χ1) is 9.85. The van der Waals surface area contributed by atoms with Crippen molar-refractivity contribution in [1.29, 1.82) is 0 Å². The van der Waals surface area contributed by atoms with Crippen LogP contribution in [-0.2, 0) is 16.6 Å². The molecule has 0 aromatic heterocycles. The largest absolute Gasteiger partial charge is 0.316 e. The Labute approximate surface area is 133 Å². The minimum Gasteiger partial charge on any atom is -0.316 e. The molecule has 0 radical (unpaired) electrons. The number of rotatable bonds is 8. The first kappa shape index (κ1) is 18.4. The summed E-state index contributed by atoms with van der Waals surface area (Å²) in [5, 5.41) is 3.47. The highest BCUT2D eigenvalue weighted by Crippen LogP contribution is 2.25. The van der Waals surface area contributed by atoms with Crippen molar-refractivity contribution in [2.75, 3.05) is 7.05 Å². The molecular weight excluding hydrogens is 308 g/mol. The molecule has 2 N–H and O–H groups in total. The Morgan fingerprint density at radius 2 is 1.95 bits per heavy atom. The lowest BCUT2D eigenvalue weighted by atomic mass is 10.1. The van der Waals surface area contributed by atoms with E-state index in [1.54, 1.807) is 6.07 Å². The van der Waals surface area contributed by atoms with Crippen molar-refractivity contribution in [2.24, 2.45) is 0 Å². The quantitative estimate of drug-likeness (QED) is 0.768. The molecule has 0 amide bonds. The molecule has 0 fully saturated rings. The van der Waals surface area contributed by atoms with E-state index in [-0.39, 0.29) is 10.9 Å². The molecule has 120 valence electrons. The Balaban J connectivity index is 3.18. The van der Waals surface area contributed by atoms with Gasteiger partial charge in [0.15, 0.2) is 0 Å². The predicted octanol–water partition coefficient (Wildman–Crippen LogP) is 3.22. The fourth-order valence-electron chi connectivity index (χ4n) is 2.34. The van der Waals surface area contributed by atoms with Crippen LogP contribution in [0.25, 0.3) is 0 Å². The highest BCUT2D eigenvalue weighted by molar-refractivity contribution is 7.89. The minimum atomic E-state index is -3.55. The maximum atomic E-state index is 12.6. The second kappa shape index (κ2) is 8.13. The van der Waals surface area contributed by atoms with Gasteiger partial charge in [0, 0.05) is 17.6 Å². The van der Waals surface area contributed by atoms with Crippen LogP contribution >= 0.6 is 11.6 Å². The topological polar surface area (TPSA) is 58.2 Å². The van der Waals surface area contributed by atoms with Gasteiger partial charge in [0.1, 0.15) is 0 Å². The fraction of sp³-hybridized carbons (Fsp3) is 0.600. The lowest BCUT2D eigenvalue weighted by molar-refractivity contribution is 0.512. The Hall–Kier alpha value is -0.620. The van der Waals surface area contributed by atoms with E-state index >= 15 is 0 Å². The van der Waals surface area contributed by atoms with Crippen molar-refractivity contribution < 1.29 is 8.42 Å². The molecule has 21 heavy (non-hydrogen) atoms. The van der Waals surface area contributed by atoms with Gasteiger partial charge >= 0.3 is 0 Å². The van der Waals surface area contributed by atoms with Crippen LogP contribution in [0.1, 0.15) is 44.2 Å². The first-order valence-corrected chi connectivity index (χ1v) is 9.17. The lowest BCUT2D eigenvalue weighted by Crippen LogP contribution is -2.34. The molecule has 0 aliphatic carbocycles. The molecule has 1 unspecified atom stereocenters. The normalized spacial score (nSPS) is 13.4. The second-order valence-corrected chi connectivity index (χ2v) is 7.35. The van der Waals surface area contributed by atoms with Crippen LogP contribution in [0.4, 0.5) is 0 Å². The molecule has 0 saturated heterocycles. The summed E-state index contributed by atoms with van der Waals surface area (Å²) in [5.74, 6) is 0. The lowest BCUT2D eigenvalue weighted by Gasteiger charge is -2.18. The van der Waals surface area contributed by atoms with Gasteiger partial charge in [-0.15, -0.1) is 0 Å². The Bertz CT molecular complexity index is 573. The summed E-state index contributed by atoms with van der Waals surface area (Å²) in [4.78, 5) is 0.273. The number of hydrogen-bond acceptors (Lipinski definition) is 3. The van der Waals surface area contributed by atoms with Crippen LogP contribution in [0.15, 0.2) is 17.0 Å². The van der Waals surface area contributed by atoms with E-state index in [0.717, 1.165) is 30.4 Å². The molecule has 0 bridgehead atoms. The zero-order valence-corrected chi connectivity index (χ0v) is 14.7. The molecule has 1 aromatic rings. The minimum absolute atomic E-state index is 0.0360. The molecule has 1 rings (SSSR count). The summed E-state index contributed by atoms with van der Waals surface area (Å²) in [6.07, 6.45) is 2.55. The van der Waals surface area contributed by atoms with Crippen LogP contribution in [0.5, 0.6) is 0 Å². The van der Waals surface area contributed by atoms with Gasteiger partial charge < -0.3 is 5.32 Å². The number of halogens is 1. The summed E-state index contributed by atoms with van der Waals surface area (Å²) in [6.45, 7) is 6.44. The van der Waals surface area contributed by atoms with Crippen molar-refractivity contribution >= 4 is 21.6 Å². The standard InChI is InChI=1S/C15H25ClN2O2S/c1-5-7-14(6-2)18-21(19,20)15-9-13(16)8-12(10-17-4)11(15)3/h8-9,14,17-18H,5-7,10H2,1-4H3. The van der Waals surface area contributed by atoms with E-state index in [4.69, 9.17) is 11.6 Å². The average Bonchev–Trinajstić information content (AvgIpc) is 2.41. The third-order valence-electron chi connectivity index (χ3n) is 3.54. The van der Waals surface area contributed by atoms with Gasteiger partial charge in [-0.2, -0.15) is 0 Å². The van der Waals surface area contributed by atoms with Gasteiger partial charge in [-0.25, -0.2) is 13.1 Å². The van der Waals surface area contributed by atoms with Gasteiger partial charge in [-0.3, -0.25) is 0 Å². The molecule has 1 aromatic carbocycles. The van der Waals surface area contributed by atoms with E-state index in [1.807, 2.05) is 27.8 Å². The maximum absolute atomic E-state index is 12.6. The molecule has 1 atom stereocenters. The van der Waals surface area contributed by atoms with Crippen LogP contribution in [0.3, 0.4) is 0 Å². The zero-order valence-electron chi connectivity index (χ0n) is 13.2. The monoisotopic (exact) mass is 332 g/mol. The third kappa shape index (κ3) is 4.95. The van der Waals surface area contributed by atoms with Crippen molar-refractivity contribution in [3.05, 3.63) is 28.3 Å². The number of sulfonamides is 1. The summed E-state index contributed by atoms with van der Waals surface area (Å²) in [5.41, 5.74) is 1.64. The first-order valence-electron chi connectivity index (χ1n) is 7.31. The van der Waals surface area contributed by atoms with Crippen molar-refractivity contribution in [3.8, 4) is 0 Å². The van der Waals surface area contributed by atoms with E-state index in [2.05, 4.69) is 10.0 Å². The Morgan fingerprint density at radius 3 is 2.48 bits per heavy atom. The fourth-order valence-corrected chi connectivity index (χ4v) is 4.31. The van der Waals surface area contributed by atoms with Gasteiger partial charge in [-0.05, 0) is 50.1 Å². The van der Waals surface area contributed by atoms with Crippen LogP contribution in [0.2, 0.25) is 5.02 Å². The van der Waals surface area contributed by atoms with E-state index in [1.165, 1.54) is 6.07 Å². The van der Waals surface area contributed by atoms with Gasteiger partial charge in [0.25, 0.3) is 0 Å². The SMILES string of the molecule is CCCC(CC)NS(=O)(=O)c1cc(Cl)cc(CNC)c1C. The summed E-state index contributed by atoms with van der Waals surface area (Å²) in [7, 11) is -1.73. The molecule has 0 saturated carbocycles. The molecule has 6 heteroatoms. The highest BCUT2D eigenvalue weighted by atomic mass is 35.5. The molecule has 0 aliphatic rings. The second-order valence-electron chi connectivity index (χ2n) is 5.23. The molecule has 0 aliphatic heterocycles. The van der Waals surface area contributed by atoms with Crippen molar-refractivity contribution in [2.45, 2.75) is 57.5 Å². The molecule has 4 nitrogen and oxygen atoms in total. The van der Waals surface area contributed by atoms with Gasteiger partial charge in [0.2, 0.25) is 10.0 Å². The Morgan fingerprint density at radius 1 is 1.29 bits per heavy atom. The van der Waals surface area contributed by atoms with Crippen LogP contribution in [0, 0.1) is 6.92 Å².